The maximum Gasteiger partial charge on any atom is 0.494 e. The van der Waals surface area contributed by atoms with E-state index in [0.29, 0.717) is 54.9 Å². The molecule has 0 bridgehead atoms. The fraction of sp³-hybridized carbons (Fsp3) is 0.400. The number of fused-ring (bicyclic) bond motifs is 1. The summed E-state index contributed by atoms with van der Waals surface area (Å²) in [5.74, 6) is -1.30. The highest BCUT2D eigenvalue weighted by atomic mass is 79.9. The lowest BCUT2D eigenvalue weighted by atomic mass is 9.73. The zero-order valence-corrected chi connectivity index (χ0v) is 44.7. The van der Waals surface area contributed by atoms with Gasteiger partial charge in [-0.05, 0) is 137 Å². The number of alkyl halides is 1. The highest BCUT2D eigenvalue weighted by Crippen LogP contribution is 2.24. The topological polar surface area (TPSA) is 147 Å². The van der Waals surface area contributed by atoms with Gasteiger partial charge in [-0.25, -0.2) is 22.0 Å². The highest BCUT2D eigenvalue weighted by Gasteiger charge is 2.36. The molecule has 8 rings (SSSR count). The lowest BCUT2D eigenvalue weighted by Crippen LogP contribution is -2.48. The van der Waals surface area contributed by atoms with Crippen molar-refractivity contribution in [2.45, 2.75) is 74.3 Å². The Labute approximate surface area is 433 Å². The van der Waals surface area contributed by atoms with Crippen molar-refractivity contribution in [1.82, 2.24) is 0 Å². The lowest BCUT2D eigenvalue weighted by Gasteiger charge is -2.33. The van der Waals surface area contributed by atoms with Crippen molar-refractivity contribution in [2.75, 3.05) is 39.6 Å². The van der Waals surface area contributed by atoms with E-state index < -0.39 is 14.2 Å². The Hall–Kier alpha value is -3.43. The summed E-state index contributed by atoms with van der Waals surface area (Å²) in [4.78, 5) is 0. The van der Waals surface area contributed by atoms with Gasteiger partial charge in [-0.2, -0.15) is 0 Å². The summed E-state index contributed by atoms with van der Waals surface area (Å²) in [5.41, 5.74) is 6.57. The number of benzene rings is 5. The molecule has 5 N–H and O–H groups in total. The zero-order chi connectivity index (χ0) is 53.3. The van der Waals surface area contributed by atoms with Crippen LogP contribution in [0, 0.1) is 66.1 Å². The van der Waals surface area contributed by atoms with Crippen LogP contribution >= 0.6 is 31.9 Å². The number of halogens is 7. The predicted molar refractivity (Wildman–Crippen MR) is 279 cm³/mol. The van der Waals surface area contributed by atoms with Gasteiger partial charge in [-0.15, -0.1) is 0 Å². The first-order chi connectivity index (χ1) is 33.2. The Morgan fingerprint density at radius 2 is 0.986 bits per heavy atom. The molecule has 2 saturated heterocycles. The maximum atomic E-state index is 13.1. The zero-order valence-electron chi connectivity index (χ0n) is 41.5. The Morgan fingerprint density at radius 1 is 0.577 bits per heavy atom. The van der Waals surface area contributed by atoms with Crippen molar-refractivity contribution in [3.63, 3.8) is 0 Å². The maximum absolute atomic E-state index is 13.1. The number of hydrogen-bond donors (Lipinski definition) is 5. The summed E-state index contributed by atoms with van der Waals surface area (Å²) in [5, 5.41) is 44.0. The average Bonchev–Trinajstić information content (AvgIpc) is 3.67. The van der Waals surface area contributed by atoms with E-state index in [1.54, 1.807) is 45.0 Å². The second kappa shape index (κ2) is 28.9. The first-order valence-electron chi connectivity index (χ1n) is 22.6. The predicted octanol–water partition coefficient (Wildman–Crippen LogP) is 7.14. The van der Waals surface area contributed by atoms with Crippen LogP contribution in [0.1, 0.15) is 69.4 Å². The van der Waals surface area contributed by atoms with Crippen LogP contribution in [0.4, 0.5) is 22.0 Å². The average molecular weight is 1120 g/mol. The van der Waals surface area contributed by atoms with Gasteiger partial charge in [0, 0.05) is 52.5 Å². The molecule has 0 saturated carbocycles. The fourth-order valence-corrected chi connectivity index (χ4v) is 7.09. The summed E-state index contributed by atoms with van der Waals surface area (Å²) in [7, 11) is -3.12. The molecule has 5 aromatic carbocycles. The third-order valence-corrected chi connectivity index (χ3v) is 12.2. The molecule has 0 spiro atoms. The van der Waals surface area contributed by atoms with Gasteiger partial charge in [0.2, 0.25) is 0 Å². The third-order valence-electron chi connectivity index (χ3n) is 10.7. The van der Waals surface area contributed by atoms with Crippen molar-refractivity contribution >= 4 is 82.2 Å². The SMILES string of the molecule is CC(C)(CO)CO.CC1(C)COB(c2ccc(F)cc2CBr)OC1.Cc1cc(F)ccc1B(O)O.Cc1cc(F)ccc1B1OCC(C)(C)CO1.Cc1cc(F)ccc1Br.OB1OCc2cc(F)ccc21. The van der Waals surface area contributed by atoms with Gasteiger partial charge in [0.25, 0.3) is 0 Å². The largest absolute Gasteiger partial charge is 0.494 e. The molecule has 3 heterocycles. The van der Waals surface area contributed by atoms with Crippen molar-refractivity contribution in [3.05, 3.63) is 152 Å². The first kappa shape index (κ1) is 61.9. The van der Waals surface area contributed by atoms with E-state index in [-0.39, 0.29) is 72.8 Å². The second-order valence-corrected chi connectivity index (χ2v) is 20.9. The minimum absolute atomic E-state index is 0.0451. The van der Waals surface area contributed by atoms with Crippen molar-refractivity contribution in [1.29, 1.82) is 0 Å². The monoisotopic (exact) mass is 1120 g/mol. The number of aryl methyl sites for hydroxylation is 3. The summed E-state index contributed by atoms with van der Waals surface area (Å²) < 4.78 is 91.9. The Morgan fingerprint density at radius 3 is 1.41 bits per heavy atom. The van der Waals surface area contributed by atoms with Crippen LogP contribution in [-0.4, -0.2) is 93.4 Å². The standard InChI is InChI=1S/C12H15BBrFO2.C12H16BFO2.C7H6BFO2.C7H8BFO2.C7H6BrF.C5H12O2/c1-12(2)7-16-13(17-8-12)11-4-3-10(15)5-9(11)6-14;1-9-6-10(14)4-5-11(9)13-15-7-12(2,3)8-16-13;9-6-1-2-7-5(3-6)4-11-8(7)10;1-5-4-6(9)2-3-7(5)8(10)11;1-5-4-6(9)2-3-7(5)8;1-5(2,3-6)4-7/h3-5H,6-8H2,1-2H3;4-6H,7-8H2,1-3H3;1-3,10H,4H2;2-4,10-11H,1H3;2-4H,1H3;6-7H,3-4H2,1-2H3. The first-order valence-corrected chi connectivity index (χ1v) is 24.5. The van der Waals surface area contributed by atoms with Crippen LogP contribution < -0.4 is 21.9 Å². The van der Waals surface area contributed by atoms with Crippen LogP contribution in [0.2, 0.25) is 0 Å². The Kier molecular flexibility index (Phi) is 25.2. The van der Waals surface area contributed by atoms with Gasteiger partial charge in [-0.1, -0.05) is 97.7 Å². The molecule has 10 nitrogen and oxygen atoms in total. The number of rotatable bonds is 6. The van der Waals surface area contributed by atoms with Gasteiger partial charge in [0.05, 0.1) is 19.8 Å². The second-order valence-electron chi connectivity index (χ2n) is 19.5. The number of aliphatic hydroxyl groups is 2. The van der Waals surface area contributed by atoms with Crippen LogP contribution in [0.3, 0.4) is 0 Å². The molecule has 0 aliphatic carbocycles. The molecule has 0 radical (unpaired) electrons. The van der Waals surface area contributed by atoms with Gasteiger partial charge < -0.3 is 48.6 Å². The van der Waals surface area contributed by atoms with E-state index >= 15 is 0 Å². The van der Waals surface area contributed by atoms with Crippen LogP contribution in [0.15, 0.2) is 95.5 Å². The summed E-state index contributed by atoms with van der Waals surface area (Å²) in [6, 6.07) is 22.0. The minimum Gasteiger partial charge on any atom is -0.423 e. The lowest BCUT2D eigenvalue weighted by molar-refractivity contribution is 0.0342. The van der Waals surface area contributed by atoms with Gasteiger partial charge in [-0.3, -0.25) is 0 Å². The molecule has 0 unspecified atom stereocenters. The Bertz CT molecular complexity index is 2430. The molecule has 5 aromatic rings. The van der Waals surface area contributed by atoms with E-state index in [1.165, 1.54) is 66.7 Å². The number of hydrogen-bond acceptors (Lipinski definition) is 10. The highest BCUT2D eigenvalue weighted by molar-refractivity contribution is 9.10. The van der Waals surface area contributed by atoms with Gasteiger partial charge in [0.1, 0.15) is 29.1 Å². The molecule has 0 aromatic heterocycles. The summed E-state index contributed by atoms with van der Waals surface area (Å²) in [6.45, 7) is 20.3. The van der Waals surface area contributed by atoms with Crippen LogP contribution in [0.5, 0.6) is 0 Å². The molecular weight excluding hydrogens is 1060 g/mol. The number of aliphatic hydroxyl groups excluding tert-OH is 2. The molecule has 0 atom stereocenters. The summed E-state index contributed by atoms with van der Waals surface area (Å²) in [6.07, 6.45) is 0. The Balaban J connectivity index is 0.000000231. The molecule has 2 fully saturated rings. The fourth-order valence-electron chi connectivity index (χ4n) is 6.35. The van der Waals surface area contributed by atoms with Gasteiger partial charge >= 0.3 is 28.5 Å². The van der Waals surface area contributed by atoms with Crippen molar-refractivity contribution in [3.8, 4) is 0 Å². The van der Waals surface area contributed by atoms with Crippen molar-refractivity contribution < 1.29 is 70.5 Å². The minimum atomic E-state index is -1.52. The van der Waals surface area contributed by atoms with E-state index in [9.17, 15) is 22.0 Å². The quantitative estimate of drug-likeness (QED) is 0.0676. The molecule has 71 heavy (non-hydrogen) atoms. The van der Waals surface area contributed by atoms with E-state index in [2.05, 4.69) is 59.6 Å². The molecular formula is C50H63B4Br2F5O10. The normalized spacial score (nSPS) is 15.4. The van der Waals surface area contributed by atoms with Crippen LogP contribution in [-0.2, 0) is 35.2 Å². The summed E-state index contributed by atoms with van der Waals surface area (Å²) >= 11 is 6.62. The molecule has 21 heteroatoms. The van der Waals surface area contributed by atoms with Gasteiger partial charge in [0.15, 0.2) is 0 Å². The molecule has 384 valence electrons. The third kappa shape index (κ3) is 21.1. The smallest absolute Gasteiger partial charge is 0.423 e. The van der Waals surface area contributed by atoms with E-state index in [4.69, 9.17) is 48.6 Å². The molecule has 3 aliphatic heterocycles. The molecule has 0 amide bonds. The van der Waals surface area contributed by atoms with E-state index in [1.807, 2.05) is 13.8 Å². The van der Waals surface area contributed by atoms with Crippen LogP contribution in [0.25, 0.3) is 0 Å². The van der Waals surface area contributed by atoms with E-state index in [0.717, 1.165) is 37.7 Å². The van der Waals surface area contributed by atoms with Crippen molar-refractivity contribution in [2.24, 2.45) is 16.2 Å². The molecule has 3 aliphatic rings.